The zero-order valence-electron chi connectivity index (χ0n) is 9.13. The Kier molecular flexibility index (Phi) is 3.59. The van der Waals surface area contributed by atoms with Crippen LogP contribution in [0.4, 0.5) is 13.2 Å². The lowest BCUT2D eigenvalue weighted by Gasteiger charge is -2.13. The molecule has 94 valence electrons. The van der Waals surface area contributed by atoms with Crippen molar-refractivity contribution in [3.8, 4) is 0 Å². The van der Waals surface area contributed by atoms with E-state index in [1.54, 1.807) is 0 Å². The van der Waals surface area contributed by atoms with Gasteiger partial charge in [0.15, 0.2) is 0 Å². The van der Waals surface area contributed by atoms with Crippen molar-refractivity contribution in [2.75, 3.05) is 0 Å². The summed E-state index contributed by atoms with van der Waals surface area (Å²) < 4.78 is 39.4. The molecule has 1 unspecified atom stereocenters. The molecular formula is C13H9ClF3N. The molecule has 0 aromatic heterocycles. The van der Waals surface area contributed by atoms with E-state index >= 15 is 0 Å². The van der Waals surface area contributed by atoms with E-state index in [4.69, 9.17) is 17.3 Å². The lowest BCUT2D eigenvalue weighted by Crippen LogP contribution is -2.12. The maximum absolute atomic E-state index is 13.3. The molecule has 0 amide bonds. The first-order valence-corrected chi connectivity index (χ1v) is 5.51. The van der Waals surface area contributed by atoms with Crippen molar-refractivity contribution < 1.29 is 13.2 Å². The van der Waals surface area contributed by atoms with Crippen molar-refractivity contribution in [1.29, 1.82) is 0 Å². The highest BCUT2D eigenvalue weighted by Gasteiger charge is 2.13. The van der Waals surface area contributed by atoms with Gasteiger partial charge in [-0.25, -0.2) is 13.2 Å². The first-order valence-electron chi connectivity index (χ1n) is 5.14. The number of hydrogen-bond donors (Lipinski definition) is 1. The molecule has 0 aliphatic heterocycles. The number of rotatable bonds is 2. The Morgan fingerprint density at radius 2 is 1.50 bits per heavy atom. The monoisotopic (exact) mass is 271 g/mol. The van der Waals surface area contributed by atoms with Gasteiger partial charge in [-0.2, -0.15) is 0 Å². The minimum atomic E-state index is -0.818. The quantitative estimate of drug-likeness (QED) is 0.883. The molecule has 2 aromatic rings. The summed E-state index contributed by atoms with van der Waals surface area (Å²) in [5.41, 5.74) is 6.45. The van der Waals surface area contributed by atoms with Crippen LogP contribution in [0.2, 0.25) is 5.02 Å². The van der Waals surface area contributed by atoms with Crippen LogP contribution in [0, 0.1) is 17.5 Å². The molecule has 0 aliphatic rings. The van der Waals surface area contributed by atoms with Crippen LogP contribution in [-0.2, 0) is 0 Å². The first kappa shape index (κ1) is 12.9. The summed E-state index contributed by atoms with van der Waals surface area (Å²) in [4.78, 5) is 0. The summed E-state index contributed by atoms with van der Waals surface area (Å²) >= 11 is 5.55. The van der Waals surface area contributed by atoms with Crippen molar-refractivity contribution in [1.82, 2.24) is 0 Å². The largest absolute Gasteiger partial charge is 0.320 e. The highest BCUT2D eigenvalue weighted by atomic mass is 35.5. The number of benzene rings is 2. The Morgan fingerprint density at radius 1 is 0.889 bits per heavy atom. The van der Waals surface area contributed by atoms with E-state index in [-0.39, 0.29) is 10.6 Å². The number of halogens is 4. The Labute approximate surface area is 107 Å². The van der Waals surface area contributed by atoms with E-state index in [0.29, 0.717) is 5.56 Å². The Morgan fingerprint density at radius 3 is 2.06 bits per heavy atom. The van der Waals surface area contributed by atoms with Crippen molar-refractivity contribution in [2.24, 2.45) is 5.73 Å². The fraction of sp³-hybridized carbons (Fsp3) is 0.0769. The molecule has 1 atom stereocenters. The molecule has 0 fully saturated rings. The van der Waals surface area contributed by atoms with Crippen LogP contribution in [0.25, 0.3) is 0 Å². The second-order valence-corrected chi connectivity index (χ2v) is 4.26. The highest BCUT2D eigenvalue weighted by molar-refractivity contribution is 6.30. The van der Waals surface area contributed by atoms with E-state index in [1.165, 1.54) is 12.1 Å². The molecule has 5 heteroatoms. The van der Waals surface area contributed by atoms with Crippen molar-refractivity contribution in [3.05, 3.63) is 70.0 Å². The standard InChI is InChI=1S/C13H9ClF3N/c14-11-2-1-7(5-12(11)17)13(18)8-3-9(15)6-10(16)4-8/h1-6,13H,18H2. The van der Waals surface area contributed by atoms with Crippen molar-refractivity contribution in [3.63, 3.8) is 0 Å². The molecular weight excluding hydrogens is 263 g/mol. The third kappa shape index (κ3) is 2.66. The second-order valence-electron chi connectivity index (χ2n) is 3.85. The average Bonchev–Trinajstić information content (AvgIpc) is 2.30. The molecule has 0 saturated carbocycles. The summed E-state index contributed by atoms with van der Waals surface area (Å²) in [6.07, 6.45) is 0. The summed E-state index contributed by atoms with van der Waals surface area (Å²) in [7, 11) is 0. The topological polar surface area (TPSA) is 26.0 Å². The third-order valence-corrected chi connectivity index (χ3v) is 2.85. The SMILES string of the molecule is NC(c1cc(F)cc(F)c1)c1ccc(Cl)c(F)c1. The van der Waals surface area contributed by atoms with E-state index in [1.807, 2.05) is 0 Å². The van der Waals surface area contributed by atoms with Crippen LogP contribution in [0.5, 0.6) is 0 Å². The minimum Gasteiger partial charge on any atom is -0.320 e. The molecule has 2 N–H and O–H groups in total. The van der Waals surface area contributed by atoms with Gasteiger partial charge in [0.2, 0.25) is 0 Å². The van der Waals surface area contributed by atoms with Gasteiger partial charge < -0.3 is 5.73 Å². The lowest BCUT2D eigenvalue weighted by molar-refractivity contribution is 0.577. The summed E-state index contributed by atoms with van der Waals surface area (Å²) in [5, 5.41) is -0.0311. The number of hydrogen-bond acceptors (Lipinski definition) is 1. The summed E-state index contributed by atoms with van der Waals surface area (Å²) in [6.45, 7) is 0. The first-order chi connectivity index (χ1) is 8.47. The summed E-state index contributed by atoms with van der Waals surface area (Å²) in [5.74, 6) is -2.08. The molecule has 0 saturated heterocycles. The van der Waals surface area contributed by atoms with Crippen LogP contribution in [0.15, 0.2) is 36.4 Å². The van der Waals surface area contributed by atoms with Crippen LogP contribution < -0.4 is 5.73 Å². The van der Waals surface area contributed by atoms with Gasteiger partial charge in [0.25, 0.3) is 0 Å². The molecule has 0 aliphatic carbocycles. The van der Waals surface area contributed by atoms with Gasteiger partial charge in [0.05, 0.1) is 11.1 Å². The van der Waals surface area contributed by atoms with Gasteiger partial charge in [0, 0.05) is 6.07 Å². The second kappa shape index (κ2) is 5.00. The predicted octanol–water partition coefficient (Wildman–Crippen LogP) is 3.81. The van der Waals surface area contributed by atoms with E-state index in [2.05, 4.69) is 0 Å². The Hall–Kier alpha value is -1.52. The van der Waals surface area contributed by atoms with Crippen molar-refractivity contribution in [2.45, 2.75) is 6.04 Å². The fourth-order valence-corrected chi connectivity index (χ4v) is 1.77. The van der Waals surface area contributed by atoms with E-state index in [9.17, 15) is 13.2 Å². The molecule has 0 heterocycles. The predicted molar refractivity (Wildman–Crippen MR) is 63.8 cm³/mol. The Bertz CT molecular complexity index is 566. The zero-order chi connectivity index (χ0) is 13.3. The van der Waals surface area contributed by atoms with Crippen LogP contribution >= 0.6 is 11.6 Å². The van der Waals surface area contributed by atoms with E-state index < -0.39 is 23.5 Å². The maximum atomic E-state index is 13.3. The molecule has 0 radical (unpaired) electrons. The third-order valence-electron chi connectivity index (χ3n) is 2.55. The minimum absolute atomic E-state index is 0.0311. The van der Waals surface area contributed by atoms with Gasteiger partial charge in [-0.15, -0.1) is 0 Å². The smallest absolute Gasteiger partial charge is 0.142 e. The summed E-state index contributed by atoms with van der Waals surface area (Å²) in [6, 6.07) is 6.16. The molecule has 0 spiro atoms. The van der Waals surface area contributed by atoms with Gasteiger partial charge >= 0.3 is 0 Å². The lowest BCUT2D eigenvalue weighted by atomic mass is 9.99. The van der Waals surface area contributed by atoms with Gasteiger partial charge in [-0.3, -0.25) is 0 Å². The maximum Gasteiger partial charge on any atom is 0.142 e. The van der Waals surface area contributed by atoms with Gasteiger partial charge in [-0.1, -0.05) is 17.7 Å². The van der Waals surface area contributed by atoms with Gasteiger partial charge in [0.1, 0.15) is 17.5 Å². The van der Waals surface area contributed by atoms with Crippen LogP contribution in [0.3, 0.4) is 0 Å². The van der Waals surface area contributed by atoms with Gasteiger partial charge in [-0.05, 0) is 35.4 Å². The normalized spacial score (nSPS) is 12.5. The fourth-order valence-electron chi connectivity index (χ4n) is 1.65. The average molecular weight is 272 g/mol. The van der Waals surface area contributed by atoms with Crippen LogP contribution in [-0.4, -0.2) is 0 Å². The zero-order valence-corrected chi connectivity index (χ0v) is 9.89. The van der Waals surface area contributed by atoms with Crippen molar-refractivity contribution >= 4 is 11.6 Å². The molecule has 1 nitrogen and oxygen atoms in total. The highest BCUT2D eigenvalue weighted by Crippen LogP contribution is 2.24. The molecule has 18 heavy (non-hydrogen) atoms. The molecule has 2 aromatic carbocycles. The molecule has 0 bridgehead atoms. The van der Waals surface area contributed by atoms with E-state index in [0.717, 1.165) is 24.3 Å². The number of nitrogens with two attached hydrogens (primary N) is 1. The van der Waals surface area contributed by atoms with Crippen LogP contribution in [0.1, 0.15) is 17.2 Å². The molecule has 2 rings (SSSR count). The Balaban J connectivity index is 2.40.